The second kappa shape index (κ2) is 5.35. The van der Waals surface area contributed by atoms with Gasteiger partial charge in [-0.2, -0.15) is 5.26 Å². The molecule has 1 aromatic heterocycles. The molecular formula is C13H11BrN2S. The van der Waals surface area contributed by atoms with Crippen LogP contribution in [0.2, 0.25) is 0 Å². The van der Waals surface area contributed by atoms with Gasteiger partial charge in [0.25, 0.3) is 0 Å². The van der Waals surface area contributed by atoms with Crippen molar-refractivity contribution >= 4 is 33.0 Å². The standard InChI is InChI=1S/C13H11BrN2S/c1-9-2-3-10(7-15)6-12(9)16-8-13-11(14)4-5-17-13/h2-6,16H,8H2,1H3. The van der Waals surface area contributed by atoms with E-state index >= 15 is 0 Å². The van der Waals surface area contributed by atoms with E-state index < -0.39 is 0 Å². The predicted octanol–water partition coefficient (Wildman–Crippen LogP) is 4.30. The molecule has 1 N–H and O–H groups in total. The van der Waals surface area contributed by atoms with Crippen LogP contribution >= 0.6 is 27.3 Å². The van der Waals surface area contributed by atoms with Crippen LogP contribution in [0.1, 0.15) is 16.0 Å². The zero-order valence-corrected chi connectivity index (χ0v) is 11.7. The Morgan fingerprint density at radius 3 is 2.88 bits per heavy atom. The highest BCUT2D eigenvalue weighted by molar-refractivity contribution is 9.10. The maximum atomic E-state index is 8.87. The van der Waals surface area contributed by atoms with Crippen LogP contribution in [0.25, 0.3) is 0 Å². The number of benzene rings is 1. The highest BCUT2D eigenvalue weighted by atomic mass is 79.9. The Balaban J connectivity index is 2.14. The Labute approximate surface area is 113 Å². The number of halogens is 1. The van der Waals surface area contributed by atoms with Crippen molar-refractivity contribution in [2.45, 2.75) is 13.5 Å². The van der Waals surface area contributed by atoms with Crippen LogP contribution in [0, 0.1) is 18.3 Å². The summed E-state index contributed by atoms with van der Waals surface area (Å²) in [6.45, 7) is 2.81. The lowest BCUT2D eigenvalue weighted by Gasteiger charge is -2.09. The number of nitrogens with zero attached hydrogens (tertiary/aromatic N) is 1. The van der Waals surface area contributed by atoms with Gasteiger partial charge < -0.3 is 5.32 Å². The molecule has 4 heteroatoms. The molecule has 1 aromatic carbocycles. The number of anilines is 1. The second-order valence-electron chi connectivity index (χ2n) is 3.69. The number of nitrogens with one attached hydrogen (secondary N) is 1. The highest BCUT2D eigenvalue weighted by Gasteiger charge is 2.03. The fourth-order valence-corrected chi connectivity index (χ4v) is 2.94. The Bertz CT molecular complexity index is 569. The van der Waals surface area contributed by atoms with Gasteiger partial charge in [0.05, 0.1) is 18.2 Å². The molecule has 0 fully saturated rings. The first kappa shape index (κ1) is 12.2. The topological polar surface area (TPSA) is 35.8 Å². The van der Waals surface area contributed by atoms with Crippen LogP contribution in [-0.4, -0.2) is 0 Å². The van der Waals surface area contributed by atoms with Gasteiger partial charge in [-0.3, -0.25) is 0 Å². The van der Waals surface area contributed by atoms with Crippen LogP contribution in [0.3, 0.4) is 0 Å². The lowest BCUT2D eigenvalue weighted by atomic mass is 10.1. The van der Waals surface area contributed by atoms with Crippen molar-refractivity contribution in [3.05, 3.63) is 50.1 Å². The molecule has 0 radical (unpaired) electrons. The summed E-state index contributed by atoms with van der Waals surface area (Å²) in [6.07, 6.45) is 0. The number of rotatable bonds is 3. The van der Waals surface area contributed by atoms with Crippen molar-refractivity contribution in [1.29, 1.82) is 5.26 Å². The summed E-state index contributed by atoms with van der Waals surface area (Å²) >= 11 is 5.21. The monoisotopic (exact) mass is 306 g/mol. The van der Waals surface area contributed by atoms with E-state index in [-0.39, 0.29) is 0 Å². The van der Waals surface area contributed by atoms with E-state index in [2.05, 4.69) is 32.7 Å². The molecule has 0 aliphatic carbocycles. The van der Waals surface area contributed by atoms with Crippen molar-refractivity contribution in [3.63, 3.8) is 0 Å². The molecule has 86 valence electrons. The molecule has 0 aliphatic rings. The second-order valence-corrected chi connectivity index (χ2v) is 5.54. The van der Waals surface area contributed by atoms with Gasteiger partial charge in [-0.15, -0.1) is 11.3 Å². The summed E-state index contributed by atoms with van der Waals surface area (Å²) in [5.74, 6) is 0. The van der Waals surface area contributed by atoms with E-state index in [1.165, 1.54) is 4.88 Å². The number of nitriles is 1. The molecule has 0 bridgehead atoms. The van der Waals surface area contributed by atoms with Gasteiger partial charge in [0.1, 0.15) is 0 Å². The normalized spacial score (nSPS) is 9.94. The first-order chi connectivity index (χ1) is 8.20. The van der Waals surface area contributed by atoms with E-state index in [0.29, 0.717) is 5.56 Å². The van der Waals surface area contributed by atoms with Crippen molar-refractivity contribution in [3.8, 4) is 6.07 Å². The maximum Gasteiger partial charge on any atom is 0.0992 e. The zero-order chi connectivity index (χ0) is 12.3. The third-order valence-electron chi connectivity index (χ3n) is 2.50. The van der Waals surface area contributed by atoms with E-state index in [9.17, 15) is 0 Å². The van der Waals surface area contributed by atoms with Crippen LogP contribution in [0.4, 0.5) is 5.69 Å². The van der Waals surface area contributed by atoms with Gasteiger partial charge >= 0.3 is 0 Å². The number of hydrogen-bond acceptors (Lipinski definition) is 3. The van der Waals surface area contributed by atoms with Crippen LogP contribution in [0.5, 0.6) is 0 Å². The summed E-state index contributed by atoms with van der Waals surface area (Å²) in [7, 11) is 0. The number of thiophene rings is 1. The van der Waals surface area contributed by atoms with Crippen LogP contribution < -0.4 is 5.32 Å². The smallest absolute Gasteiger partial charge is 0.0992 e. The molecule has 0 saturated carbocycles. The minimum atomic E-state index is 0.684. The third-order valence-corrected chi connectivity index (χ3v) is 4.42. The maximum absolute atomic E-state index is 8.87. The first-order valence-corrected chi connectivity index (χ1v) is 6.84. The Morgan fingerprint density at radius 1 is 1.41 bits per heavy atom. The third kappa shape index (κ3) is 2.87. The molecule has 0 atom stereocenters. The minimum Gasteiger partial charge on any atom is -0.380 e. The molecule has 0 saturated heterocycles. The van der Waals surface area contributed by atoms with Crippen molar-refractivity contribution in [2.75, 3.05) is 5.32 Å². The quantitative estimate of drug-likeness (QED) is 0.917. The SMILES string of the molecule is Cc1ccc(C#N)cc1NCc1sccc1Br. The van der Waals surface area contributed by atoms with Crippen molar-refractivity contribution in [2.24, 2.45) is 0 Å². The van der Waals surface area contributed by atoms with Gasteiger partial charge in [0.15, 0.2) is 0 Å². The Hall–Kier alpha value is -1.31. The zero-order valence-electron chi connectivity index (χ0n) is 9.33. The van der Waals surface area contributed by atoms with Gasteiger partial charge in [-0.25, -0.2) is 0 Å². The average molecular weight is 307 g/mol. The molecular weight excluding hydrogens is 296 g/mol. The van der Waals surface area contributed by atoms with Crippen LogP contribution in [-0.2, 0) is 6.54 Å². The molecule has 0 unspecified atom stereocenters. The Kier molecular flexibility index (Phi) is 3.82. The van der Waals surface area contributed by atoms with E-state index in [1.54, 1.807) is 11.3 Å². The number of hydrogen-bond donors (Lipinski definition) is 1. The molecule has 0 amide bonds. The van der Waals surface area contributed by atoms with Crippen molar-refractivity contribution < 1.29 is 0 Å². The molecule has 2 rings (SSSR count). The van der Waals surface area contributed by atoms with Crippen LogP contribution in [0.15, 0.2) is 34.1 Å². The summed E-state index contributed by atoms with van der Waals surface area (Å²) in [6, 6.07) is 9.88. The van der Waals surface area contributed by atoms with Crippen molar-refractivity contribution in [1.82, 2.24) is 0 Å². The summed E-state index contributed by atoms with van der Waals surface area (Å²) in [5.41, 5.74) is 2.85. The lowest BCUT2D eigenvalue weighted by Crippen LogP contribution is -2.00. The first-order valence-electron chi connectivity index (χ1n) is 5.17. The highest BCUT2D eigenvalue weighted by Crippen LogP contribution is 2.24. The largest absolute Gasteiger partial charge is 0.380 e. The molecule has 2 nitrogen and oxygen atoms in total. The lowest BCUT2D eigenvalue weighted by molar-refractivity contribution is 1.17. The summed E-state index contributed by atoms with van der Waals surface area (Å²) < 4.78 is 1.13. The van der Waals surface area contributed by atoms with Gasteiger partial charge in [0.2, 0.25) is 0 Å². The average Bonchev–Trinajstić information content (AvgIpc) is 2.74. The fourth-order valence-electron chi connectivity index (χ4n) is 1.51. The Morgan fingerprint density at radius 2 is 2.24 bits per heavy atom. The molecule has 17 heavy (non-hydrogen) atoms. The summed E-state index contributed by atoms with van der Waals surface area (Å²) in [5, 5.41) is 14.3. The van der Waals surface area contributed by atoms with Gasteiger partial charge in [-0.05, 0) is 52.0 Å². The fraction of sp³-hybridized carbons (Fsp3) is 0.154. The van der Waals surface area contributed by atoms with E-state index in [0.717, 1.165) is 22.3 Å². The molecule has 0 aliphatic heterocycles. The van der Waals surface area contributed by atoms with E-state index in [1.807, 2.05) is 31.2 Å². The predicted molar refractivity (Wildman–Crippen MR) is 75.2 cm³/mol. The molecule has 2 aromatic rings. The molecule has 1 heterocycles. The van der Waals surface area contributed by atoms with Gasteiger partial charge in [-0.1, -0.05) is 6.07 Å². The number of aryl methyl sites for hydroxylation is 1. The molecule has 0 spiro atoms. The van der Waals surface area contributed by atoms with E-state index in [4.69, 9.17) is 5.26 Å². The summed E-state index contributed by atoms with van der Waals surface area (Å²) in [4.78, 5) is 1.26. The van der Waals surface area contributed by atoms with Gasteiger partial charge in [0, 0.05) is 15.0 Å². The minimum absolute atomic E-state index is 0.684.